The molecular weight excluding hydrogens is 168 g/mol. The zero-order valence-corrected chi connectivity index (χ0v) is 9.01. The summed E-state index contributed by atoms with van der Waals surface area (Å²) < 4.78 is 10.8. The van der Waals surface area contributed by atoms with Crippen LogP contribution in [0.5, 0.6) is 0 Å². The highest BCUT2D eigenvalue weighted by Gasteiger charge is 2.17. The van der Waals surface area contributed by atoms with Gasteiger partial charge in [0.15, 0.2) is 0 Å². The second-order valence-corrected chi connectivity index (χ2v) is 3.74. The maximum atomic E-state index is 8.51. The van der Waals surface area contributed by atoms with Crippen LogP contribution in [0.15, 0.2) is 0 Å². The minimum atomic E-state index is -0.232. The van der Waals surface area contributed by atoms with Crippen LogP contribution in [0, 0.1) is 0 Å². The zero-order chi connectivity index (χ0) is 10.2. The summed E-state index contributed by atoms with van der Waals surface area (Å²) in [6.45, 7) is 7.92. The Labute approximate surface area is 81.0 Å². The second kappa shape index (κ2) is 7.30. The zero-order valence-electron chi connectivity index (χ0n) is 9.01. The number of aliphatic hydroxyl groups excluding tert-OH is 1. The van der Waals surface area contributed by atoms with Crippen molar-refractivity contribution in [1.29, 1.82) is 0 Å². The standard InChI is InChI=1S/C10H22O3/c1-4-5-7-13-10(2,3)9-12-8-6-11/h11H,4-9H2,1-3H3. The molecule has 0 spiro atoms. The highest BCUT2D eigenvalue weighted by molar-refractivity contribution is 4.67. The molecule has 0 amide bonds. The van der Waals surface area contributed by atoms with E-state index in [-0.39, 0.29) is 12.2 Å². The fourth-order valence-corrected chi connectivity index (χ4v) is 0.917. The van der Waals surface area contributed by atoms with Gasteiger partial charge < -0.3 is 14.6 Å². The Balaban J connectivity index is 3.42. The molecule has 0 unspecified atom stereocenters. The van der Waals surface area contributed by atoms with Crippen LogP contribution in [-0.2, 0) is 9.47 Å². The van der Waals surface area contributed by atoms with Gasteiger partial charge in [-0.05, 0) is 20.3 Å². The largest absolute Gasteiger partial charge is 0.394 e. The predicted molar refractivity (Wildman–Crippen MR) is 52.8 cm³/mol. The first-order chi connectivity index (χ1) is 6.12. The molecule has 0 fully saturated rings. The Morgan fingerprint density at radius 1 is 1.23 bits per heavy atom. The minimum Gasteiger partial charge on any atom is -0.394 e. The predicted octanol–water partition coefficient (Wildman–Crippen LogP) is 1.59. The van der Waals surface area contributed by atoms with Gasteiger partial charge in [-0.1, -0.05) is 13.3 Å². The van der Waals surface area contributed by atoms with E-state index in [9.17, 15) is 0 Å². The lowest BCUT2D eigenvalue weighted by molar-refractivity contribution is -0.0794. The SMILES string of the molecule is CCCCOC(C)(C)COCCO. The van der Waals surface area contributed by atoms with Crippen molar-refractivity contribution in [2.75, 3.05) is 26.4 Å². The van der Waals surface area contributed by atoms with E-state index in [4.69, 9.17) is 14.6 Å². The van der Waals surface area contributed by atoms with Gasteiger partial charge in [0.05, 0.1) is 25.4 Å². The van der Waals surface area contributed by atoms with Gasteiger partial charge in [0, 0.05) is 6.61 Å². The first kappa shape index (κ1) is 12.9. The van der Waals surface area contributed by atoms with E-state index >= 15 is 0 Å². The summed E-state index contributed by atoms with van der Waals surface area (Å²) in [7, 11) is 0. The van der Waals surface area contributed by atoms with Gasteiger partial charge in [-0.2, -0.15) is 0 Å². The van der Waals surface area contributed by atoms with Crippen LogP contribution in [0.4, 0.5) is 0 Å². The Kier molecular flexibility index (Phi) is 7.23. The van der Waals surface area contributed by atoms with Crippen molar-refractivity contribution in [3.05, 3.63) is 0 Å². The summed E-state index contributed by atoms with van der Waals surface area (Å²) in [6, 6.07) is 0. The lowest BCUT2D eigenvalue weighted by Crippen LogP contribution is -2.31. The molecule has 0 aromatic carbocycles. The third kappa shape index (κ3) is 8.22. The van der Waals surface area contributed by atoms with E-state index in [0.717, 1.165) is 19.4 Å². The van der Waals surface area contributed by atoms with Crippen LogP contribution in [0.25, 0.3) is 0 Å². The summed E-state index contributed by atoms with van der Waals surface area (Å²) in [6.07, 6.45) is 2.23. The van der Waals surface area contributed by atoms with E-state index in [1.807, 2.05) is 13.8 Å². The number of aliphatic hydroxyl groups is 1. The minimum absolute atomic E-state index is 0.0744. The molecule has 0 atom stereocenters. The summed E-state index contributed by atoms with van der Waals surface area (Å²) in [5.74, 6) is 0. The molecule has 0 aromatic rings. The lowest BCUT2D eigenvalue weighted by atomic mass is 10.1. The maximum absolute atomic E-state index is 8.51. The molecule has 0 saturated heterocycles. The molecule has 0 bridgehead atoms. The topological polar surface area (TPSA) is 38.7 Å². The average Bonchev–Trinajstić information content (AvgIpc) is 2.05. The fraction of sp³-hybridized carbons (Fsp3) is 1.00. The number of rotatable bonds is 8. The van der Waals surface area contributed by atoms with Gasteiger partial charge >= 0.3 is 0 Å². The highest BCUT2D eigenvalue weighted by atomic mass is 16.5. The van der Waals surface area contributed by atoms with Gasteiger partial charge in [0.25, 0.3) is 0 Å². The van der Waals surface area contributed by atoms with Crippen molar-refractivity contribution >= 4 is 0 Å². The molecule has 80 valence electrons. The van der Waals surface area contributed by atoms with E-state index in [1.165, 1.54) is 0 Å². The van der Waals surface area contributed by atoms with Gasteiger partial charge in [-0.15, -0.1) is 0 Å². The summed E-state index contributed by atoms with van der Waals surface area (Å²) in [4.78, 5) is 0. The van der Waals surface area contributed by atoms with Crippen LogP contribution in [-0.4, -0.2) is 37.1 Å². The molecule has 0 heterocycles. The summed E-state index contributed by atoms with van der Waals surface area (Å²) in [5, 5.41) is 8.51. The summed E-state index contributed by atoms with van der Waals surface area (Å²) in [5.41, 5.74) is -0.232. The van der Waals surface area contributed by atoms with Gasteiger partial charge in [0.1, 0.15) is 0 Å². The van der Waals surface area contributed by atoms with Crippen LogP contribution < -0.4 is 0 Å². The second-order valence-electron chi connectivity index (χ2n) is 3.74. The van der Waals surface area contributed by atoms with Crippen LogP contribution in [0.1, 0.15) is 33.6 Å². The van der Waals surface area contributed by atoms with Crippen LogP contribution in [0.2, 0.25) is 0 Å². The van der Waals surface area contributed by atoms with E-state index < -0.39 is 0 Å². The van der Waals surface area contributed by atoms with Gasteiger partial charge in [-0.25, -0.2) is 0 Å². The number of hydrogen-bond donors (Lipinski definition) is 1. The molecule has 0 rings (SSSR count). The monoisotopic (exact) mass is 190 g/mol. The van der Waals surface area contributed by atoms with Crippen LogP contribution >= 0.6 is 0 Å². The first-order valence-corrected chi connectivity index (χ1v) is 4.95. The van der Waals surface area contributed by atoms with Crippen molar-refractivity contribution in [3.63, 3.8) is 0 Å². The first-order valence-electron chi connectivity index (χ1n) is 4.95. The Bertz CT molecular complexity index is 101. The number of unbranched alkanes of at least 4 members (excludes halogenated alkanes) is 1. The highest BCUT2D eigenvalue weighted by Crippen LogP contribution is 2.10. The molecule has 3 nitrogen and oxygen atoms in total. The van der Waals surface area contributed by atoms with Crippen molar-refractivity contribution < 1.29 is 14.6 Å². The molecule has 0 radical (unpaired) electrons. The molecule has 13 heavy (non-hydrogen) atoms. The third-order valence-electron chi connectivity index (χ3n) is 1.68. The molecule has 1 N–H and O–H groups in total. The Hall–Kier alpha value is -0.120. The van der Waals surface area contributed by atoms with E-state index in [1.54, 1.807) is 0 Å². The Morgan fingerprint density at radius 2 is 1.92 bits per heavy atom. The number of hydrogen-bond acceptors (Lipinski definition) is 3. The van der Waals surface area contributed by atoms with E-state index in [0.29, 0.717) is 13.2 Å². The third-order valence-corrected chi connectivity index (χ3v) is 1.68. The molecule has 0 aromatic heterocycles. The molecule has 0 aliphatic rings. The van der Waals surface area contributed by atoms with Gasteiger partial charge in [-0.3, -0.25) is 0 Å². The van der Waals surface area contributed by atoms with Gasteiger partial charge in [0.2, 0.25) is 0 Å². The Morgan fingerprint density at radius 3 is 2.46 bits per heavy atom. The molecular formula is C10H22O3. The normalized spacial score (nSPS) is 12.0. The van der Waals surface area contributed by atoms with E-state index in [2.05, 4.69) is 6.92 Å². The molecule has 0 aliphatic heterocycles. The van der Waals surface area contributed by atoms with Crippen molar-refractivity contribution in [2.24, 2.45) is 0 Å². The smallest absolute Gasteiger partial charge is 0.0858 e. The molecule has 0 aliphatic carbocycles. The van der Waals surface area contributed by atoms with Crippen molar-refractivity contribution in [1.82, 2.24) is 0 Å². The lowest BCUT2D eigenvalue weighted by Gasteiger charge is -2.24. The maximum Gasteiger partial charge on any atom is 0.0858 e. The van der Waals surface area contributed by atoms with Crippen molar-refractivity contribution in [3.8, 4) is 0 Å². The average molecular weight is 190 g/mol. The van der Waals surface area contributed by atoms with Crippen molar-refractivity contribution in [2.45, 2.75) is 39.2 Å². The summed E-state index contributed by atoms with van der Waals surface area (Å²) >= 11 is 0. The molecule has 0 saturated carbocycles. The number of ether oxygens (including phenoxy) is 2. The van der Waals surface area contributed by atoms with Crippen LogP contribution in [0.3, 0.4) is 0 Å². The quantitative estimate of drug-likeness (QED) is 0.591. The fourth-order valence-electron chi connectivity index (χ4n) is 0.917. The molecule has 3 heteroatoms.